The molecule has 3 saturated heterocycles. The standard InChI is InChI=1S/C28H30Cl2N6OS2.C24H22Cl2N6S.C16H25N3OS.C12H6Cl3N3S.ClH/c1-27(2,3)39(37)34-24-18-6-5-11-31-20(18)16-28(24)9-13-35(14-10-28)26-33-17-22(25-32-12-15-36(25)26)38-21-8-4-7-19(29)23(21)30;25-16-4-1-5-18(20(16)26)33-19-14-30-23(32-12-9-29-22(19)32)31-10-6-24(7-11-31)13-17-15(21(24)27)3-2-8-28-17;1-15(2,3)21(20)19-14-12-5-4-8-18-13(12)11-16(14)6-9-17-10-7-16;13-7-2-1-3-8(10(7)14)19-9-6-17-12(15)18-5-4-16-11(9)18;/h4-8,11-12,15,17,24,34H,9-10,13-14,16H2,1-3H3;1-5,8-9,12,14,21H,6-7,10-11,13,27H2;4-5,8,14,17,19H,6-7,9-11H2,1-3H3;1-6H;1H/t24-,39+;21-;14-,21+;;/m000../s1. The van der Waals surface area contributed by atoms with Crippen molar-refractivity contribution in [1.82, 2.24) is 72.8 Å². The van der Waals surface area contributed by atoms with Crippen LogP contribution < -0.4 is 30.3 Å². The fourth-order valence-corrected chi connectivity index (χ4v) is 22.1. The Hall–Kier alpha value is -5.92. The predicted molar refractivity (Wildman–Crippen MR) is 464 cm³/mol. The maximum atomic E-state index is 13.2. The molecule has 3 aliphatic carbocycles. The number of imidazole rings is 3. The van der Waals surface area contributed by atoms with Crippen molar-refractivity contribution in [3.05, 3.63) is 235 Å². The van der Waals surface area contributed by atoms with Gasteiger partial charge in [-0.3, -0.25) is 28.2 Å². The van der Waals surface area contributed by atoms with Crippen molar-refractivity contribution in [2.45, 2.75) is 156 Å². The minimum atomic E-state index is -1.18. The fourth-order valence-electron chi connectivity index (χ4n) is 15.9. The van der Waals surface area contributed by atoms with E-state index in [1.165, 1.54) is 57.7 Å². The minimum Gasteiger partial charge on any atom is -0.342 e. The van der Waals surface area contributed by atoms with Gasteiger partial charge in [-0.1, -0.05) is 141 Å². The lowest BCUT2D eigenvalue weighted by atomic mass is 9.73. The molecule has 592 valence electrons. The van der Waals surface area contributed by atoms with Crippen molar-refractivity contribution < 1.29 is 8.42 Å². The first-order valence-electron chi connectivity index (χ1n) is 36.9. The summed E-state index contributed by atoms with van der Waals surface area (Å²) in [6, 6.07) is 29.3. The molecule has 3 aliphatic heterocycles. The van der Waals surface area contributed by atoms with Gasteiger partial charge in [0.25, 0.3) is 0 Å². The van der Waals surface area contributed by atoms with Crippen molar-refractivity contribution in [3.63, 3.8) is 0 Å². The molecule has 113 heavy (non-hydrogen) atoms. The third-order valence-electron chi connectivity index (χ3n) is 21.9. The number of piperidine rings is 3. The molecule has 9 aromatic heterocycles. The van der Waals surface area contributed by atoms with Crippen LogP contribution in [0.1, 0.15) is 132 Å². The average molecular weight is 1770 g/mol. The number of aromatic nitrogens is 12. The second-order valence-corrected chi connectivity index (χ2v) is 40.8. The number of halogens is 8. The number of pyridine rings is 3. The van der Waals surface area contributed by atoms with Gasteiger partial charge in [0.2, 0.25) is 17.2 Å². The number of benzene rings is 3. The Bertz CT molecular complexity index is 5510. The summed E-state index contributed by atoms with van der Waals surface area (Å²) in [5, 5.41) is 6.99. The number of fused-ring (bicyclic) bond motifs is 6. The van der Waals surface area contributed by atoms with Crippen molar-refractivity contribution >= 4 is 180 Å². The van der Waals surface area contributed by atoms with Crippen molar-refractivity contribution in [3.8, 4) is 0 Å². The van der Waals surface area contributed by atoms with Crippen LogP contribution in [0.25, 0.3) is 16.9 Å². The van der Waals surface area contributed by atoms with E-state index in [4.69, 9.17) is 102 Å². The first kappa shape index (κ1) is 83.6. The van der Waals surface area contributed by atoms with E-state index in [1.54, 1.807) is 47.4 Å². The Balaban J connectivity index is 0.000000130. The van der Waals surface area contributed by atoms with Gasteiger partial charge < -0.3 is 20.9 Å². The van der Waals surface area contributed by atoms with Crippen molar-refractivity contribution in [1.29, 1.82) is 0 Å². The molecule has 33 heteroatoms. The van der Waals surface area contributed by atoms with Crippen molar-refractivity contribution in [2.24, 2.45) is 22.0 Å². The molecule has 3 fully saturated rings. The summed E-state index contributed by atoms with van der Waals surface area (Å²) in [6.07, 6.45) is 31.0. The maximum Gasteiger partial charge on any atom is 0.211 e. The van der Waals surface area contributed by atoms with E-state index in [9.17, 15) is 8.42 Å². The van der Waals surface area contributed by atoms with Gasteiger partial charge in [-0.05, 0) is 212 Å². The molecule has 5 N–H and O–H groups in total. The lowest BCUT2D eigenvalue weighted by Crippen LogP contribution is -2.48. The van der Waals surface area contributed by atoms with Gasteiger partial charge in [0.1, 0.15) is 0 Å². The van der Waals surface area contributed by atoms with Crippen LogP contribution in [0.15, 0.2) is 195 Å². The van der Waals surface area contributed by atoms with Crippen LogP contribution in [0.5, 0.6) is 0 Å². The Morgan fingerprint density at radius 1 is 0.434 bits per heavy atom. The highest BCUT2D eigenvalue weighted by Crippen LogP contribution is 2.55. The highest BCUT2D eigenvalue weighted by Gasteiger charge is 2.52. The summed E-state index contributed by atoms with van der Waals surface area (Å²) in [5.41, 5.74) is 16.5. The number of nitrogens with two attached hydrogens (primary N) is 1. The van der Waals surface area contributed by atoms with E-state index in [-0.39, 0.29) is 56.3 Å². The summed E-state index contributed by atoms with van der Waals surface area (Å²) in [6.45, 7) is 17.6. The summed E-state index contributed by atoms with van der Waals surface area (Å²) in [7, 11) is -2.24. The van der Waals surface area contributed by atoms with Crippen LogP contribution in [0.3, 0.4) is 0 Å². The van der Waals surface area contributed by atoms with Gasteiger partial charge in [0, 0.05) is 138 Å². The molecular weight excluding hydrogens is 1690 g/mol. The molecule has 0 saturated carbocycles. The zero-order valence-corrected chi connectivity index (χ0v) is 72.9. The first-order chi connectivity index (χ1) is 53.8. The van der Waals surface area contributed by atoms with Crippen LogP contribution in [0.4, 0.5) is 11.9 Å². The largest absolute Gasteiger partial charge is 0.342 e. The number of rotatable bonds is 12. The molecule has 12 aromatic rings. The molecular formula is C80H84Cl8N18O2S5. The van der Waals surface area contributed by atoms with Gasteiger partial charge in [-0.15, -0.1) is 12.4 Å². The number of nitrogens with zero attached hydrogens (tertiary/aromatic N) is 14. The van der Waals surface area contributed by atoms with Gasteiger partial charge in [-0.25, -0.2) is 47.8 Å². The van der Waals surface area contributed by atoms with Gasteiger partial charge in [-0.2, -0.15) is 0 Å². The number of hydrogen-bond acceptors (Lipinski definition) is 18. The van der Waals surface area contributed by atoms with Crippen molar-refractivity contribution in [2.75, 3.05) is 49.1 Å². The molecule has 6 aliphatic rings. The van der Waals surface area contributed by atoms with Crippen LogP contribution in [-0.2, 0) is 41.2 Å². The third-order valence-corrected chi connectivity index (χ3v) is 31.3. The van der Waals surface area contributed by atoms with E-state index in [2.05, 4.69) is 77.1 Å². The molecule has 0 radical (unpaired) electrons. The normalized spacial score (nSPS) is 19.0. The monoisotopic (exact) mass is 1770 g/mol. The van der Waals surface area contributed by atoms with E-state index >= 15 is 0 Å². The Morgan fingerprint density at radius 3 is 1.19 bits per heavy atom. The summed E-state index contributed by atoms with van der Waals surface area (Å²) in [4.78, 5) is 51.2. The molecule has 3 aromatic carbocycles. The van der Waals surface area contributed by atoms with Gasteiger partial charge in [0.05, 0.1) is 88.4 Å². The lowest BCUT2D eigenvalue weighted by molar-refractivity contribution is 0.164. The van der Waals surface area contributed by atoms with Crippen LogP contribution in [0.2, 0.25) is 35.4 Å². The molecule has 0 bridgehead atoms. The first-order valence-corrected chi connectivity index (χ1v) is 44.3. The second kappa shape index (κ2) is 34.9. The second-order valence-electron chi connectivity index (χ2n) is 30.9. The minimum absolute atomic E-state index is 0. The molecule has 12 heterocycles. The lowest BCUT2D eigenvalue weighted by Gasteiger charge is -2.44. The zero-order chi connectivity index (χ0) is 78.4. The SMILES string of the molecule is CC(C)(C)[S@@](=O)N[C@H]1c2cccnc2CC12CCN(c1ncc(Sc3cccc(Cl)c3Cl)c3nccn13)CC2.CC(C)(C)[S@@](=O)N[C@H]1c2cccnc2CC12CCNCC2.Cl.Clc1cccc(Sc2cnc(Cl)n3ccnc23)c1Cl.N[C@H]1c2cccnc2CC12CCN(c1ncc(Sc3cccc(Cl)c3Cl)c3nccn13)CC2. The molecule has 0 amide bonds. The van der Waals surface area contributed by atoms with Gasteiger partial charge >= 0.3 is 0 Å². The summed E-state index contributed by atoms with van der Waals surface area (Å²) >= 11 is 47.9. The highest BCUT2D eigenvalue weighted by atomic mass is 35.5. The third kappa shape index (κ3) is 17.4. The topological polar surface area (TPSA) is 232 Å². The molecule has 5 atom stereocenters. The highest BCUT2D eigenvalue weighted by molar-refractivity contribution is 8.00. The van der Waals surface area contributed by atoms with E-state index in [0.29, 0.717) is 35.4 Å². The molecule has 20 nitrogen and oxygen atoms in total. The van der Waals surface area contributed by atoms with E-state index < -0.39 is 22.0 Å². The number of nitrogens with one attached hydrogen (secondary N) is 3. The van der Waals surface area contributed by atoms with E-state index in [0.717, 1.165) is 167 Å². The van der Waals surface area contributed by atoms with E-state index in [1.807, 2.05) is 150 Å². The number of hydrogen-bond donors (Lipinski definition) is 4. The fraction of sp³-hybridized carbons (Fsp3) is 0.362. The summed E-state index contributed by atoms with van der Waals surface area (Å²) in [5.74, 6) is 1.77. The maximum absolute atomic E-state index is 13.2. The Kier molecular flexibility index (Phi) is 25.8. The average Bonchev–Trinajstić information content (AvgIpc) is 1.61. The Labute approximate surface area is 716 Å². The van der Waals surface area contributed by atoms with Crippen LogP contribution >= 0.6 is 129 Å². The predicted octanol–water partition coefficient (Wildman–Crippen LogP) is 19.3. The number of anilines is 2. The molecule has 0 unspecified atom stereocenters. The zero-order valence-electron chi connectivity index (χ0n) is 62.7. The smallest absolute Gasteiger partial charge is 0.211 e. The van der Waals surface area contributed by atoms with Crippen LogP contribution in [-0.4, -0.2) is 115 Å². The quantitative estimate of drug-likeness (QED) is 0.0833. The van der Waals surface area contributed by atoms with Crippen LogP contribution in [0, 0.1) is 16.2 Å². The van der Waals surface area contributed by atoms with Gasteiger partial charge in [0.15, 0.2) is 16.9 Å². The summed E-state index contributed by atoms with van der Waals surface area (Å²) < 4.78 is 38.0. The molecule has 3 spiro atoms. The molecule has 18 rings (SSSR count). The Morgan fingerprint density at radius 2 is 0.788 bits per heavy atom.